The molecule has 0 fully saturated rings. The Kier molecular flexibility index (Phi) is 5.00. The first kappa shape index (κ1) is 12.8. The Balaban J connectivity index is 0.00000169. The Morgan fingerprint density at radius 3 is 2.57 bits per heavy atom. The zero-order valence-corrected chi connectivity index (χ0v) is 9.10. The Hall–Kier alpha value is -1.24. The fourth-order valence-corrected chi connectivity index (χ4v) is 1.19. The summed E-state index contributed by atoms with van der Waals surface area (Å²) in [5.74, 6) is 0. The maximum absolute atomic E-state index is 8.67. The molecule has 0 aliphatic carbocycles. The number of nitriles is 1. The van der Waals surface area contributed by atoms with Crippen LogP contribution in [0.2, 0.25) is 5.02 Å². The van der Waals surface area contributed by atoms with E-state index < -0.39 is 0 Å². The van der Waals surface area contributed by atoms with Gasteiger partial charge >= 0.3 is 0 Å². The molecule has 0 amide bonds. The molecule has 1 aromatic rings. The van der Waals surface area contributed by atoms with Crippen LogP contribution in [0.15, 0.2) is 18.2 Å². The van der Waals surface area contributed by atoms with Crippen molar-refractivity contribution in [3.63, 3.8) is 0 Å². The number of hydrogen-bond donors (Lipinski definition) is 2. The van der Waals surface area contributed by atoms with Gasteiger partial charge in [0, 0.05) is 6.04 Å². The smallest absolute Gasteiger partial charge is 0.0992 e. The highest BCUT2D eigenvalue weighted by Gasteiger charge is 2.02. The highest BCUT2D eigenvalue weighted by Crippen LogP contribution is 2.23. The van der Waals surface area contributed by atoms with Crippen LogP contribution in [-0.4, -0.2) is 6.04 Å². The van der Waals surface area contributed by atoms with Crippen LogP contribution in [0, 0.1) is 11.3 Å². The van der Waals surface area contributed by atoms with Crippen molar-refractivity contribution >= 4 is 17.3 Å². The van der Waals surface area contributed by atoms with E-state index in [4.69, 9.17) is 16.9 Å². The normalized spacial score (nSPS) is 9.07. The van der Waals surface area contributed by atoms with Gasteiger partial charge in [0.1, 0.15) is 0 Å². The van der Waals surface area contributed by atoms with E-state index >= 15 is 0 Å². The van der Waals surface area contributed by atoms with Gasteiger partial charge in [-0.25, -0.2) is 0 Å². The molecule has 0 radical (unpaired) electrons. The minimum atomic E-state index is 0. The SMILES string of the molecule is CC(C)Nc1cc(C#N)ccc1Cl.N. The molecule has 4 heteroatoms. The maximum Gasteiger partial charge on any atom is 0.0992 e. The number of nitrogens with one attached hydrogen (secondary N) is 1. The summed E-state index contributed by atoms with van der Waals surface area (Å²) in [7, 11) is 0. The van der Waals surface area contributed by atoms with Gasteiger partial charge in [0.2, 0.25) is 0 Å². The van der Waals surface area contributed by atoms with Crippen LogP contribution in [0.4, 0.5) is 5.69 Å². The van der Waals surface area contributed by atoms with Crippen molar-refractivity contribution in [2.75, 3.05) is 5.32 Å². The quantitative estimate of drug-likeness (QED) is 0.789. The summed E-state index contributed by atoms with van der Waals surface area (Å²) in [6.07, 6.45) is 0. The monoisotopic (exact) mass is 211 g/mol. The minimum absolute atomic E-state index is 0. The molecule has 3 nitrogen and oxygen atoms in total. The van der Waals surface area contributed by atoms with E-state index in [1.165, 1.54) is 0 Å². The number of hydrogen-bond acceptors (Lipinski definition) is 3. The number of halogens is 1. The van der Waals surface area contributed by atoms with Gasteiger partial charge in [-0.05, 0) is 32.0 Å². The minimum Gasteiger partial charge on any atom is -0.382 e. The molecule has 0 bridgehead atoms. The van der Waals surface area contributed by atoms with Gasteiger partial charge in [0.25, 0.3) is 0 Å². The maximum atomic E-state index is 8.67. The van der Waals surface area contributed by atoms with E-state index in [0.717, 1.165) is 5.69 Å². The summed E-state index contributed by atoms with van der Waals surface area (Å²) in [5.41, 5.74) is 1.43. The molecule has 0 heterocycles. The van der Waals surface area contributed by atoms with Crippen LogP contribution in [0.1, 0.15) is 19.4 Å². The molecule has 4 N–H and O–H groups in total. The fraction of sp³-hybridized carbons (Fsp3) is 0.300. The molecule has 0 atom stereocenters. The molecule has 0 aliphatic heterocycles. The first-order valence-corrected chi connectivity index (χ1v) is 4.47. The van der Waals surface area contributed by atoms with Crippen molar-refractivity contribution in [3.05, 3.63) is 28.8 Å². The van der Waals surface area contributed by atoms with Crippen molar-refractivity contribution in [2.45, 2.75) is 19.9 Å². The van der Waals surface area contributed by atoms with Gasteiger partial charge in [0.05, 0.1) is 22.3 Å². The second-order valence-corrected chi connectivity index (χ2v) is 3.51. The Morgan fingerprint density at radius 1 is 1.43 bits per heavy atom. The van der Waals surface area contributed by atoms with Gasteiger partial charge in [0.15, 0.2) is 0 Å². The van der Waals surface area contributed by atoms with Crippen LogP contribution in [0.25, 0.3) is 0 Å². The molecule has 0 saturated carbocycles. The van der Waals surface area contributed by atoms with Crippen molar-refractivity contribution in [2.24, 2.45) is 0 Å². The van der Waals surface area contributed by atoms with Gasteiger partial charge in [-0.1, -0.05) is 11.6 Å². The highest BCUT2D eigenvalue weighted by atomic mass is 35.5. The zero-order chi connectivity index (χ0) is 9.84. The number of benzene rings is 1. The standard InChI is InChI=1S/C10H11ClN2.H3N/c1-7(2)13-10-5-8(6-12)3-4-9(10)11;/h3-5,7,13H,1-2H3;1H3. The second kappa shape index (κ2) is 5.48. The van der Waals surface area contributed by atoms with Crippen LogP contribution in [-0.2, 0) is 0 Å². The van der Waals surface area contributed by atoms with Crippen LogP contribution >= 0.6 is 11.6 Å². The molecular formula is C10H14ClN3. The van der Waals surface area contributed by atoms with Crippen LogP contribution in [0.5, 0.6) is 0 Å². The van der Waals surface area contributed by atoms with Crippen molar-refractivity contribution in [3.8, 4) is 6.07 Å². The lowest BCUT2D eigenvalue weighted by molar-refractivity contribution is 0.900. The van der Waals surface area contributed by atoms with E-state index in [2.05, 4.69) is 11.4 Å². The molecule has 14 heavy (non-hydrogen) atoms. The predicted molar refractivity (Wildman–Crippen MR) is 59.9 cm³/mol. The average Bonchev–Trinajstić information content (AvgIpc) is 2.08. The fourth-order valence-electron chi connectivity index (χ4n) is 1.02. The van der Waals surface area contributed by atoms with Crippen molar-refractivity contribution in [1.82, 2.24) is 6.15 Å². The molecule has 0 aliphatic rings. The molecule has 1 rings (SSSR count). The summed E-state index contributed by atoms with van der Waals surface area (Å²) in [6.45, 7) is 4.05. The molecular weight excluding hydrogens is 198 g/mol. The van der Waals surface area contributed by atoms with Gasteiger partial charge in [-0.3, -0.25) is 0 Å². The highest BCUT2D eigenvalue weighted by molar-refractivity contribution is 6.33. The molecule has 0 unspecified atom stereocenters. The van der Waals surface area contributed by atoms with E-state index in [9.17, 15) is 0 Å². The van der Waals surface area contributed by atoms with Crippen molar-refractivity contribution < 1.29 is 0 Å². The molecule has 1 aromatic carbocycles. The predicted octanol–water partition coefficient (Wildman–Crippen LogP) is 3.19. The number of rotatable bonds is 2. The van der Waals surface area contributed by atoms with E-state index in [-0.39, 0.29) is 6.15 Å². The topological polar surface area (TPSA) is 70.8 Å². The third kappa shape index (κ3) is 3.25. The molecule has 0 aromatic heterocycles. The molecule has 76 valence electrons. The third-order valence-electron chi connectivity index (χ3n) is 1.54. The lowest BCUT2D eigenvalue weighted by atomic mass is 10.2. The number of anilines is 1. The lowest BCUT2D eigenvalue weighted by Gasteiger charge is -2.11. The molecule has 0 saturated heterocycles. The van der Waals surface area contributed by atoms with Gasteiger partial charge in [-0.15, -0.1) is 0 Å². The summed E-state index contributed by atoms with van der Waals surface area (Å²) in [4.78, 5) is 0. The molecule has 0 spiro atoms. The summed E-state index contributed by atoms with van der Waals surface area (Å²) < 4.78 is 0. The van der Waals surface area contributed by atoms with E-state index in [1.54, 1.807) is 18.2 Å². The second-order valence-electron chi connectivity index (χ2n) is 3.11. The summed E-state index contributed by atoms with van der Waals surface area (Å²) in [5, 5.41) is 12.5. The summed E-state index contributed by atoms with van der Waals surface area (Å²) in [6, 6.07) is 7.56. The number of nitrogens with zero attached hydrogens (tertiary/aromatic N) is 1. The average molecular weight is 212 g/mol. The first-order chi connectivity index (χ1) is 6.13. The third-order valence-corrected chi connectivity index (χ3v) is 1.87. The Morgan fingerprint density at radius 2 is 2.07 bits per heavy atom. The largest absolute Gasteiger partial charge is 0.382 e. The Bertz CT molecular complexity index is 342. The first-order valence-electron chi connectivity index (χ1n) is 4.09. The van der Waals surface area contributed by atoms with Gasteiger partial charge in [-0.2, -0.15) is 5.26 Å². The van der Waals surface area contributed by atoms with Gasteiger partial charge < -0.3 is 11.5 Å². The van der Waals surface area contributed by atoms with Crippen LogP contribution in [0.3, 0.4) is 0 Å². The van der Waals surface area contributed by atoms with Crippen molar-refractivity contribution in [1.29, 1.82) is 5.26 Å². The van der Waals surface area contributed by atoms with E-state index in [0.29, 0.717) is 16.6 Å². The Labute approximate surface area is 89.3 Å². The lowest BCUT2D eigenvalue weighted by Crippen LogP contribution is -2.10. The zero-order valence-electron chi connectivity index (χ0n) is 8.34. The van der Waals surface area contributed by atoms with E-state index in [1.807, 2.05) is 13.8 Å². The van der Waals surface area contributed by atoms with Crippen LogP contribution < -0.4 is 11.5 Å². The summed E-state index contributed by atoms with van der Waals surface area (Å²) >= 11 is 5.93.